The molecule has 7 heteroatoms. The van der Waals surface area contributed by atoms with Gasteiger partial charge in [-0.25, -0.2) is 22.7 Å². The van der Waals surface area contributed by atoms with Gasteiger partial charge >= 0.3 is 0 Å². The number of rotatable bonds is 6. The highest BCUT2D eigenvalue weighted by Gasteiger charge is 2.22. The van der Waals surface area contributed by atoms with E-state index in [4.69, 9.17) is 4.74 Å². The Morgan fingerprint density at radius 2 is 2.05 bits per heavy atom. The van der Waals surface area contributed by atoms with Crippen LogP contribution in [0.2, 0.25) is 0 Å². The number of ether oxygens (including phenoxy) is 1. The molecule has 0 saturated carbocycles. The molecule has 0 bridgehead atoms. The van der Waals surface area contributed by atoms with Gasteiger partial charge in [-0.05, 0) is 46.2 Å². The van der Waals surface area contributed by atoms with Crippen LogP contribution in [-0.2, 0) is 11.0 Å². The van der Waals surface area contributed by atoms with E-state index in [0.29, 0.717) is 5.56 Å². The normalized spacial score (nSPS) is 15.0. The quantitative estimate of drug-likeness (QED) is 0.876. The first-order chi connectivity index (χ1) is 9.61. The molecule has 0 fully saturated rings. The predicted octanol–water partition coefficient (Wildman–Crippen LogP) is 3.15. The van der Waals surface area contributed by atoms with E-state index in [2.05, 4.69) is 9.71 Å². The lowest BCUT2D eigenvalue weighted by molar-refractivity contribution is 0.0792. The van der Waals surface area contributed by atoms with Crippen molar-refractivity contribution in [3.05, 3.63) is 23.4 Å². The summed E-state index contributed by atoms with van der Waals surface area (Å²) >= 11 is 0. The van der Waals surface area contributed by atoms with Crippen LogP contribution in [0.5, 0.6) is 5.88 Å². The van der Waals surface area contributed by atoms with Gasteiger partial charge in [-0.3, -0.25) is 0 Å². The van der Waals surface area contributed by atoms with Gasteiger partial charge < -0.3 is 4.74 Å². The van der Waals surface area contributed by atoms with E-state index in [-0.39, 0.29) is 16.7 Å². The molecule has 1 aromatic heterocycles. The fourth-order valence-corrected chi connectivity index (χ4v) is 2.33. The van der Waals surface area contributed by atoms with Gasteiger partial charge in [0, 0.05) is 17.8 Å². The molecule has 0 aromatic carbocycles. The lowest BCUT2D eigenvalue weighted by atomic mass is 10.1. The zero-order chi connectivity index (χ0) is 16.2. The fourth-order valence-electron chi connectivity index (χ4n) is 1.52. The molecular formula is C14H22F2N2O2S. The van der Waals surface area contributed by atoms with Crippen LogP contribution in [0.15, 0.2) is 12.3 Å². The van der Waals surface area contributed by atoms with Crippen molar-refractivity contribution >= 4 is 11.0 Å². The lowest BCUT2D eigenvalue weighted by Crippen LogP contribution is -2.34. The van der Waals surface area contributed by atoms with Crippen LogP contribution in [0, 0.1) is 6.92 Å². The van der Waals surface area contributed by atoms with Gasteiger partial charge in [0.15, 0.2) is 6.61 Å². The summed E-state index contributed by atoms with van der Waals surface area (Å²) in [5, 5.41) is 0. The maximum Gasteiger partial charge on any atom is 0.272 e. The second kappa shape index (κ2) is 7.26. The van der Waals surface area contributed by atoms with Crippen LogP contribution in [0.3, 0.4) is 0 Å². The molecule has 1 heterocycles. The van der Waals surface area contributed by atoms with Crippen LogP contribution in [0.4, 0.5) is 8.78 Å². The standard InChI is InChI=1S/C14H22F2N2O2S/c1-9-6-11(7-17-13(9)20-8-12(15)16)10(2)18-21(19)14(3,4)5/h6-7,10,12,18H,8H2,1-5H3/t10?,21-/m1/s1. The molecule has 120 valence electrons. The van der Waals surface area contributed by atoms with Gasteiger partial charge in [0.05, 0.1) is 15.7 Å². The Hall–Kier alpha value is -1.08. The summed E-state index contributed by atoms with van der Waals surface area (Å²) in [5.74, 6) is 0.197. The van der Waals surface area contributed by atoms with Gasteiger partial charge in [0.2, 0.25) is 5.88 Å². The third-order valence-electron chi connectivity index (χ3n) is 2.74. The first kappa shape index (κ1) is 18.0. The van der Waals surface area contributed by atoms with Crippen molar-refractivity contribution in [1.29, 1.82) is 0 Å². The third kappa shape index (κ3) is 5.67. The number of alkyl halides is 2. The van der Waals surface area contributed by atoms with E-state index < -0.39 is 24.0 Å². The van der Waals surface area contributed by atoms with Crippen LogP contribution < -0.4 is 9.46 Å². The number of nitrogens with one attached hydrogen (secondary N) is 1. The first-order valence-corrected chi connectivity index (χ1v) is 7.81. The zero-order valence-corrected chi connectivity index (χ0v) is 13.8. The van der Waals surface area contributed by atoms with Crippen molar-refractivity contribution in [1.82, 2.24) is 9.71 Å². The minimum atomic E-state index is -2.53. The van der Waals surface area contributed by atoms with Gasteiger partial charge in [-0.2, -0.15) is 0 Å². The molecule has 4 nitrogen and oxygen atoms in total. The second-order valence-electron chi connectivity index (χ2n) is 5.81. The number of aromatic nitrogens is 1. The van der Waals surface area contributed by atoms with Crippen LogP contribution in [0.1, 0.15) is 44.9 Å². The summed E-state index contributed by atoms with van der Waals surface area (Å²) in [6.07, 6.45) is -0.980. The molecule has 2 atom stereocenters. The van der Waals surface area contributed by atoms with E-state index in [0.717, 1.165) is 5.56 Å². The summed E-state index contributed by atoms with van der Waals surface area (Å²) in [5.41, 5.74) is 1.50. The van der Waals surface area contributed by atoms with E-state index >= 15 is 0 Å². The number of hydrogen-bond acceptors (Lipinski definition) is 3. The van der Waals surface area contributed by atoms with Gasteiger partial charge in [0.1, 0.15) is 0 Å². The second-order valence-corrected chi connectivity index (χ2v) is 7.81. The minimum Gasteiger partial charge on any atom is -0.471 e. The van der Waals surface area contributed by atoms with E-state index in [1.807, 2.05) is 27.7 Å². The molecule has 1 unspecified atom stereocenters. The Labute approximate surface area is 126 Å². The summed E-state index contributed by atoms with van der Waals surface area (Å²) in [7, 11) is -1.20. The van der Waals surface area contributed by atoms with Crippen LogP contribution in [0.25, 0.3) is 0 Å². The van der Waals surface area contributed by atoms with Crippen molar-refractivity contribution in [2.75, 3.05) is 6.61 Å². The summed E-state index contributed by atoms with van der Waals surface area (Å²) in [6.45, 7) is 8.59. The number of halogens is 2. The molecule has 1 aromatic rings. The van der Waals surface area contributed by atoms with Crippen molar-refractivity contribution in [2.24, 2.45) is 0 Å². The molecule has 21 heavy (non-hydrogen) atoms. The molecule has 0 aliphatic heterocycles. The topological polar surface area (TPSA) is 51.2 Å². The maximum absolute atomic E-state index is 12.1. The van der Waals surface area contributed by atoms with E-state index in [9.17, 15) is 13.0 Å². The molecule has 0 radical (unpaired) electrons. The summed E-state index contributed by atoms with van der Waals surface area (Å²) < 4.78 is 43.9. The van der Waals surface area contributed by atoms with E-state index in [1.165, 1.54) is 0 Å². The van der Waals surface area contributed by atoms with Crippen LogP contribution in [-0.4, -0.2) is 27.0 Å². The number of pyridine rings is 1. The van der Waals surface area contributed by atoms with Crippen molar-refractivity contribution < 1.29 is 17.7 Å². The smallest absolute Gasteiger partial charge is 0.272 e. The molecule has 0 amide bonds. The molecule has 0 saturated heterocycles. The largest absolute Gasteiger partial charge is 0.471 e. The Morgan fingerprint density at radius 3 is 2.52 bits per heavy atom. The van der Waals surface area contributed by atoms with Gasteiger partial charge in [-0.15, -0.1) is 0 Å². The SMILES string of the molecule is Cc1cc(C(C)N[S@](=O)C(C)(C)C)cnc1OCC(F)F. The fraction of sp³-hybridized carbons (Fsp3) is 0.643. The Bertz CT molecular complexity index is 504. The Morgan fingerprint density at radius 1 is 1.43 bits per heavy atom. The van der Waals surface area contributed by atoms with Gasteiger partial charge in [0.25, 0.3) is 6.43 Å². The van der Waals surface area contributed by atoms with Crippen molar-refractivity contribution in [3.8, 4) is 5.88 Å². The minimum absolute atomic E-state index is 0.166. The molecule has 1 rings (SSSR count). The summed E-state index contributed by atoms with van der Waals surface area (Å²) in [6, 6.07) is 1.63. The molecule has 0 aliphatic carbocycles. The van der Waals surface area contributed by atoms with E-state index in [1.54, 1.807) is 19.2 Å². The molecule has 0 spiro atoms. The maximum atomic E-state index is 12.1. The Kier molecular flexibility index (Phi) is 6.22. The van der Waals surface area contributed by atoms with Crippen molar-refractivity contribution in [2.45, 2.75) is 51.8 Å². The monoisotopic (exact) mass is 320 g/mol. The number of aryl methyl sites for hydroxylation is 1. The third-order valence-corrected chi connectivity index (χ3v) is 4.42. The first-order valence-electron chi connectivity index (χ1n) is 6.66. The molecule has 1 N–H and O–H groups in total. The highest BCUT2D eigenvalue weighted by molar-refractivity contribution is 7.84. The average Bonchev–Trinajstić information content (AvgIpc) is 2.35. The number of nitrogens with zero attached hydrogens (tertiary/aromatic N) is 1. The molecule has 0 aliphatic rings. The summed E-state index contributed by atoms with van der Waals surface area (Å²) in [4.78, 5) is 4.05. The Balaban J connectivity index is 2.76. The lowest BCUT2D eigenvalue weighted by Gasteiger charge is -2.22. The highest BCUT2D eigenvalue weighted by Crippen LogP contribution is 2.21. The van der Waals surface area contributed by atoms with Gasteiger partial charge in [-0.1, -0.05) is 0 Å². The van der Waals surface area contributed by atoms with Crippen LogP contribution >= 0.6 is 0 Å². The number of hydrogen-bond donors (Lipinski definition) is 1. The molecular weight excluding hydrogens is 298 g/mol. The average molecular weight is 320 g/mol. The highest BCUT2D eigenvalue weighted by atomic mass is 32.2. The predicted molar refractivity (Wildman–Crippen MR) is 79.9 cm³/mol. The zero-order valence-electron chi connectivity index (χ0n) is 12.9. The van der Waals surface area contributed by atoms with Crippen molar-refractivity contribution in [3.63, 3.8) is 0 Å².